The zero-order chi connectivity index (χ0) is 20.8. The van der Waals surface area contributed by atoms with Crippen LogP contribution in [0, 0.1) is 6.92 Å². The number of nitrogens with one attached hydrogen (secondary N) is 1. The van der Waals surface area contributed by atoms with Crippen LogP contribution >= 0.6 is 11.3 Å². The molecule has 3 aromatic rings. The molecule has 1 aromatic carbocycles. The lowest BCUT2D eigenvalue weighted by Gasteiger charge is -2.10. The molecule has 1 amide bonds. The number of aryl methyl sites for hydroxylation is 1. The van der Waals surface area contributed by atoms with Gasteiger partial charge in [-0.15, -0.1) is 11.3 Å². The maximum Gasteiger partial charge on any atom is 0.341 e. The van der Waals surface area contributed by atoms with Gasteiger partial charge in [0.05, 0.1) is 13.2 Å². The first-order valence-corrected chi connectivity index (χ1v) is 10.1. The summed E-state index contributed by atoms with van der Waals surface area (Å²) in [5.41, 5.74) is 2.43. The highest BCUT2D eigenvalue weighted by Gasteiger charge is 2.25. The van der Waals surface area contributed by atoms with E-state index in [1.807, 2.05) is 38.1 Å². The third-order valence-corrected chi connectivity index (χ3v) is 5.21. The lowest BCUT2D eigenvalue weighted by atomic mass is 10.0. The summed E-state index contributed by atoms with van der Waals surface area (Å²) < 4.78 is 10.8. The van der Waals surface area contributed by atoms with Crippen LogP contribution in [-0.4, -0.2) is 30.1 Å². The molecule has 1 N–H and O–H groups in total. The molecule has 6 nitrogen and oxygen atoms in total. The van der Waals surface area contributed by atoms with Crippen molar-refractivity contribution in [2.24, 2.45) is 0 Å². The summed E-state index contributed by atoms with van der Waals surface area (Å²) in [5.74, 6) is -0.0174. The number of ether oxygens (including phenoxy) is 2. The van der Waals surface area contributed by atoms with Gasteiger partial charge in [0.1, 0.15) is 16.3 Å². The fraction of sp³-hybridized carbons (Fsp3) is 0.227. The van der Waals surface area contributed by atoms with Gasteiger partial charge in [-0.05, 0) is 50.6 Å². The maximum atomic E-state index is 12.8. The molecular formula is C22H22N2O4S. The maximum absolute atomic E-state index is 12.8. The first-order valence-electron chi connectivity index (χ1n) is 9.30. The number of anilines is 1. The van der Waals surface area contributed by atoms with E-state index in [0.717, 1.165) is 21.8 Å². The number of hydrogen-bond donors (Lipinski definition) is 1. The van der Waals surface area contributed by atoms with Gasteiger partial charge in [-0.25, -0.2) is 4.79 Å². The SMILES string of the molecule is CCOC(=O)c1c(NC(=O)c2ccncc2)sc(C)c1-c1ccc(OCC)cc1. The second-order valence-corrected chi connectivity index (χ2v) is 7.33. The van der Waals surface area contributed by atoms with Crippen molar-refractivity contribution in [2.75, 3.05) is 18.5 Å². The molecule has 0 aliphatic heterocycles. The molecule has 0 bridgehead atoms. The summed E-state index contributed by atoms with van der Waals surface area (Å²) in [4.78, 5) is 30.2. The van der Waals surface area contributed by atoms with E-state index in [9.17, 15) is 9.59 Å². The van der Waals surface area contributed by atoms with Crippen molar-refractivity contribution in [3.05, 3.63) is 64.8 Å². The van der Waals surface area contributed by atoms with E-state index in [0.29, 0.717) is 22.7 Å². The van der Waals surface area contributed by atoms with Crippen molar-refractivity contribution in [3.63, 3.8) is 0 Å². The normalized spacial score (nSPS) is 10.4. The Morgan fingerprint density at radius 3 is 2.34 bits per heavy atom. The Hall–Kier alpha value is -3.19. The zero-order valence-electron chi connectivity index (χ0n) is 16.5. The number of rotatable bonds is 7. The van der Waals surface area contributed by atoms with Gasteiger partial charge in [0.15, 0.2) is 0 Å². The van der Waals surface area contributed by atoms with E-state index in [4.69, 9.17) is 9.47 Å². The van der Waals surface area contributed by atoms with Gasteiger partial charge < -0.3 is 14.8 Å². The number of hydrogen-bond acceptors (Lipinski definition) is 6. The molecule has 0 spiro atoms. The van der Waals surface area contributed by atoms with Crippen LogP contribution < -0.4 is 10.1 Å². The average molecular weight is 410 g/mol. The largest absolute Gasteiger partial charge is 0.494 e. The molecule has 0 aliphatic carbocycles. The van der Waals surface area contributed by atoms with Crippen LogP contribution in [0.5, 0.6) is 5.75 Å². The number of esters is 1. The third kappa shape index (κ3) is 4.63. The number of benzene rings is 1. The molecule has 150 valence electrons. The highest BCUT2D eigenvalue weighted by Crippen LogP contribution is 2.41. The fourth-order valence-electron chi connectivity index (χ4n) is 2.94. The van der Waals surface area contributed by atoms with Gasteiger partial charge >= 0.3 is 5.97 Å². The quantitative estimate of drug-likeness (QED) is 0.558. The first kappa shape index (κ1) is 20.5. The number of nitrogens with zero attached hydrogens (tertiary/aromatic N) is 1. The number of amides is 1. The minimum Gasteiger partial charge on any atom is -0.494 e. The van der Waals surface area contributed by atoms with E-state index in [1.54, 1.807) is 31.5 Å². The number of aromatic nitrogens is 1. The van der Waals surface area contributed by atoms with Crippen molar-refractivity contribution < 1.29 is 19.1 Å². The van der Waals surface area contributed by atoms with Gasteiger partial charge in [-0.2, -0.15) is 0 Å². The van der Waals surface area contributed by atoms with E-state index in [1.165, 1.54) is 11.3 Å². The molecule has 0 saturated heterocycles. The fourth-order valence-corrected chi connectivity index (χ4v) is 4.00. The Balaban J connectivity index is 2.02. The Labute approximate surface area is 173 Å². The second-order valence-electron chi connectivity index (χ2n) is 6.11. The molecular weight excluding hydrogens is 388 g/mol. The van der Waals surface area contributed by atoms with Crippen LogP contribution in [0.2, 0.25) is 0 Å². The molecule has 0 radical (unpaired) electrons. The Kier molecular flexibility index (Phi) is 6.61. The molecule has 2 heterocycles. The average Bonchev–Trinajstić information content (AvgIpc) is 3.05. The molecule has 2 aromatic heterocycles. The lowest BCUT2D eigenvalue weighted by molar-refractivity contribution is 0.0529. The minimum absolute atomic E-state index is 0.244. The number of pyridine rings is 1. The number of thiophene rings is 1. The van der Waals surface area contributed by atoms with Crippen molar-refractivity contribution in [2.45, 2.75) is 20.8 Å². The summed E-state index contributed by atoms with van der Waals surface area (Å²) in [7, 11) is 0. The van der Waals surface area contributed by atoms with Crippen LogP contribution in [0.15, 0.2) is 48.8 Å². The van der Waals surface area contributed by atoms with Crippen LogP contribution in [0.3, 0.4) is 0 Å². The number of carbonyl (C=O) groups is 2. The highest BCUT2D eigenvalue weighted by atomic mass is 32.1. The summed E-state index contributed by atoms with van der Waals surface area (Å²) in [6.45, 7) is 6.42. The second kappa shape index (κ2) is 9.34. The Morgan fingerprint density at radius 1 is 1.03 bits per heavy atom. The summed E-state index contributed by atoms with van der Waals surface area (Å²) in [5, 5.41) is 3.32. The number of carbonyl (C=O) groups excluding carboxylic acids is 2. The summed E-state index contributed by atoms with van der Waals surface area (Å²) in [6.07, 6.45) is 3.10. The van der Waals surface area contributed by atoms with E-state index in [-0.39, 0.29) is 12.5 Å². The van der Waals surface area contributed by atoms with Crippen LogP contribution in [0.1, 0.15) is 39.4 Å². The highest BCUT2D eigenvalue weighted by molar-refractivity contribution is 7.17. The first-order chi connectivity index (χ1) is 14.0. The van der Waals surface area contributed by atoms with Gasteiger partial charge in [-0.3, -0.25) is 9.78 Å². The Bertz CT molecular complexity index is 998. The van der Waals surface area contributed by atoms with Crippen LogP contribution in [0.25, 0.3) is 11.1 Å². The monoisotopic (exact) mass is 410 g/mol. The topological polar surface area (TPSA) is 77.5 Å². The van der Waals surface area contributed by atoms with Crippen molar-refractivity contribution in [1.82, 2.24) is 4.98 Å². The zero-order valence-corrected chi connectivity index (χ0v) is 17.3. The van der Waals surface area contributed by atoms with Gasteiger partial charge in [0, 0.05) is 28.4 Å². The van der Waals surface area contributed by atoms with Crippen LogP contribution in [0.4, 0.5) is 5.00 Å². The van der Waals surface area contributed by atoms with Crippen molar-refractivity contribution >= 4 is 28.2 Å². The molecule has 0 aliphatic rings. The minimum atomic E-state index is -0.467. The van der Waals surface area contributed by atoms with E-state index in [2.05, 4.69) is 10.3 Å². The predicted octanol–water partition coefficient (Wildman–Crippen LogP) is 4.95. The smallest absolute Gasteiger partial charge is 0.341 e. The molecule has 0 fully saturated rings. The molecule has 29 heavy (non-hydrogen) atoms. The standard InChI is InChI=1S/C22H22N2O4S/c1-4-27-17-8-6-15(7-9-17)18-14(3)29-21(19(18)22(26)28-5-2)24-20(25)16-10-12-23-13-11-16/h6-13H,4-5H2,1-3H3,(H,24,25). The predicted molar refractivity (Wildman–Crippen MR) is 114 cm³/mol. The molecule has 0 saturated carbocycles. The molecule has 7 heteroatoms. The van der Waals surface area contributed by atoms with E-state index < -0.39 is 5.97 Å². The van der Waals surface area contributed by atoms with Crippen molar-refractivity contribution in [1.29, 1.82) is 0 Å². The van der Waals surface area contributed by atoms with Gasteiger partial charge in [-0.1, -0.05) is 12.1 Å². The molecule has 0 atom stereocenters. The Morgan fingerprint density at radius 2 is 1.72 bits per heavy atom. The van der Waals surface area contributed by atoms with Crippen LogP contribution in [-0.2, 0) is 4.74 Å². The molecule has 0 unspecified atom stereocenters. The van der Waals surface area contributed by atoms with Gasteiger partial charge in [0.25, 0.3) is 5.91 Å². The summed E-state index contributed by atoms with van der Waals surface area (Å²) >= 11 is 1.35. The van der Waals surface area contributed by atoms with Gasteiger partial charge in [0.2, 0.25) is 0 Å². The lowest BCUT2D eigenvalue weighted by Crippen LogP contribution is -2.14. The van der Waals surface area contributed by atoms with E-state index >= 15 is 0 Å². The third-order valence-electron chi connectivity index (χ3n) is 4.19. The molecule has 3 rings (SSSR count). The van der Waals surface area contributed by atoms with Crippen molar-refractivity contribution in [3.8, 4) is 16.9 Å². The summed E-state index contributed by atoms with van der Waals surface area (Å²) in [6, 6.07) is 10.8.